The van der Waals surface area contributed by atoms with E-state index in [0.717, 1.165) is 31.8 Å². The van der Waals surface area contributed by atoms with Crippen LogP contribution in [0.15, 0.2) is 35.2 Å². The summed E-state index contributed by atoms with van der Waals surface area (Å²) in [5.74, 6) is 0.758. The minimum Gasteiger partial charge on any atom is -0.481 e. The fourth-order valence-corrected chi connectivity index (χ4v) is 3.27. The number of hydrogen-bond acceptors (Lipinski definition) is 3. The molecule has 1 heterocycles. The molecule has 1 N–H and O–H groups in total. The quantitative estimate of drug-likeness (QED) is 0.803. The van der Waals surface area contributed by atoms with Gasteiger partial charge in [0.1, 0.15) is 0 Å². The molecule has 0 spiro atoms. The molecule has 0 saturated carbocycles. The lowest BCUT2D eigenvalue weighted by Crippen LogP contribution is -2.23. The van der Waals surface area contributed by atoms with Crippen molar-refractivity contribution in [3.63, 3.8) is 0 Å². The van der Waals surface area contributed by atoms with Crippen LogP contribution in [0.25, 0.3) is 0 Å². The summed E-state index contributed by atoms with van der Waals surface area (Å²) in [6.07, 6.45) is 1.35. The fraction of sp³-hybridized carbons (Fsp3) is 0.500. The Bertz CT molecular complexity index is 383. The van der Waals surface area contributed by atoms with Crippen molar-refractivity contribution in [2.45, 2.75) is 17.7 Å². The fourth-order valence-electron chi connectivity index (χ4n) is 2.34. The first kappa shape index (κ1) is 13.4. The van der Waals surface area contributed by atoms with E-state index in [9.17, 15) is 4.79 Å². The third kappa shape index (κ3) is 4.35. The zero-order valence-electron chi connectivity index (χ0n) is 10.4. The van der Waals surface area contributed by atoms with Crippen LogP contribution >= 0.6 is 11.8 Å². The van der Waals surface area contributed by atoms with Crippen molar-refractivity contribution in [1.29, 1.82) is 0 Å². The van der Waals surface area contributed by atoms with Crippen molar-refractivity contribution in [3.8, 4) is 0 Å². The molecule has 98 valence electrons. The Balaban J connectivity index is 1.65. The summed E-state index contributed by atoms with van der Waals surface area (Å²) >= 11 is 1.86. The van der Waals surface area contributed by atoms with Gasteiger partial charge in [-0.3, -0.25) is 4.79 Å². The third-order valence-corrected chi connectivity index (χ3v) is 4.24. The molecule has 4 heteroatoms. The molecule has 1 aromatic rings. The van der Waals surface area contributed by atoms with Gasteiger partial charge >= 0.3 is 5.97 Å². The highest BCUT2D eigenvalue weighted by Gasteiger charge is 2.23. The van der Waals surface area contributed by atoms with Gasteiger partial charge < -0.3 is 10.0 Å². The molecule has 1 aromatic carbocycles. The van der Waals surface area contributed by atoms with Gasteiger partial charge in [0.05, 0.1) is 0 Å². The predicted molar refractivity (Wildman–Crippen MR) is 74.0 cm³/mol. The largest absolute Gasteiger partial charge is 0.481 e. The van der Waals surface area contributed by atoms with Crippen molar-refractivity contribution in [1.82, 2.24) is 4.90 Å². The lowest BCUT2D eigenvalue weighted by atomic mass is 10.1. The molecule has 1 fully saturated rings. The Kier molecular flexibility index (Phi) is 5.08. The monoisotopic (exact) mass is 265 g/mol. The second kappa shape index (κ2) is 6.81. The molecule has 1 atom stereocenters. The van der Waals surface area contributed by atoms with E-state index in [4.69, 9.17) is 5.11 Å². The summed E-state index contributed by atoms with van der Waals surface area (Å²) in [7, 11) is 0. The molecule has 1 saturated heterocycles. The maximum Gasteiger partial charge on any atom is 0.303 e. The van der Waals surface area contributed by atoms with Crippen LogP contribution in [-0.2, 0) is 4.79 Å². The van der Waals surface area contributed by atoms with Gasteiger partial charge in [0, 0.05) is 30.2 Å². The molecule has 0 aliphatic carbocycles. The van der Waals surface area contributed by atoms with Crippen LogP contribution in [-0.4, -0.2) is 41.4 Å². The predicted octanol–water partition coefficient (Wildman–Crippen LogP) is 2.58. The van der Waals surface area contributed by atoms with Crippen LogP contribution in [0, 0.1) is 5.92 Å². The average molecular weight is 265 g/mol. The van der Waals surface area contributed by atoms with E-state index >= 15 is 0 Å². The molecule has 3 nitrogen and oxygen atoms in total. The summed E-state index contributed by atoms with van der Waals surface area (Å²) in [5, 5.41) is 8.76. The first-order valence-electron chi connectivity index (χ1n) is 6.36. The number of likely N-dealkylation sites (tertiary alicyclic amines) is 1. The SMILES string of the molecule is O=C(O)CC1CCN(CCSc2ccccc2)C1. The van der Waals surface area contributed by atoms with E-state index < -0.39 is 5.97 Å². The third-order valence-electron chi connectivity index (χ3n) is 3.25. The Hall–Kier alpha value is -1.00. The van der Waals surface area contributed by atoms with Gasteiger partial charge in [0.15, 0.2) is 0 Å². The Morgan fingerprint density at radius 1 is 1.39 bits per heavy atom. The molecule has 0 amide bonds. The molecule has 18 heavy (non-hydrogen) atoms. The Labute approximate surface area is 112 Å². The highest BCUT2D eigenvalue weighted by atomic mass is 32.2. The molecule has 0 aromatic heterocycles. The molecular weight excluding hydrogens is 246 g/mol. The number of hydrogen-bond donors (Lipinski definition) is 1. The van der Waals surface area contributed by atoms with Crippen molar-refractivity contribution >= 4 is 17.7 Å². The standard InChI is InChI=1S/C14H19NO2S/c16-14(17)10-12-6-7-15(11-12)8-9-18-13-4-2-1-3-5-13/h1-5,12H,6-11H2,(H,16,17). The number of carbonyl (C=O) groups is 1. The molecule has 1 aliphatic rings. The van der Waals surface area contributed by atoms with Crippen LogP contribution in [0.5, 0.6) is 0 Å². The molecular formula is C14H19NO2S. The first-order chi connectivity index (χ1) is 8.74. The molecule has 1 aliphatic heterocycles. The molecule has 0 bridgehead atoms. The average Bonchev–Trinajstić information content (AvgIpc) is 2.77. The molecule has 2 rings (SSSR count). The topological polar surface area (TPSA) is 40.5 Å². The Morgan fingerprint density at radius 2 is 2.17 bits per heavy atom. The second-order valence-electron chi connectivity index (χ2n) is 4.71. The van der Waals surface area contributed by atoms with Crippen molar-refractivity contribution < 1.29 is 9.90 Å². The summed E-state index contributed by atoms with van der Waals surface area (Å²) in [5.41, 5.74) is 0. The van der Waals surface area contributed by atoms with Gasteiger partial charge in [0.2, 0.25) is 0 Å². The van der Waals surface area contributed by atoms with Gasteiger partial charge in [0.25, 0.3) is 0 Å². The number of aliphatic carboxylic acids is 1. The zero-order valence-corrected chi connectivity index (χ0v) is 11.2. The summed E-state index contributed by atoms with van der Waals surface area (Å²) in [4.78, 5) is 14.3. The normalized spacial score (nSPS) is 20.1. The number of carboxylic acid groups (broad SMARTS) is 1. The second-order valence-corrected chi connectivity index (χ2v) is 5.88. The van der Waals surface area contributed by atoms with Crippen LogP contribution in [0.3, 0.4) is 0 Å². The molecule has 1 unspecified atom stereocenters. The number of thioether (sulfide) groups is 1. The highest BCUT2D eigenvalue weighted by Crippen LogP contribution is 2.21. The van der Waals surface area contributed by atoms with Crippen LogP contribution in [0.4, 0.5) is 0 Å². The maximum atomic E-state index is 10.6. The summed E-state index contributed by atoms with van der Waals surface area (Å²) in [6.45, 7) is 3.05. The summed E-state index contributed by atoms with van der Waals surface area (Å²) in [6, 6.07) is 10.4. The van der Waals surface area contributed by atoms with Crippen molar-refractivity contribution in [2.75, 3.05) is 25.4 Å². The smallest absolute Gasteiger partial charge is 0.303 e. The molecule has 0 radical (unpaired) electrons. The van der Waals surface area contributed by atoms with Gasteiger partial charge in [-0.2, -0.15) is 0 Å². The minimum atomic E-state index is -0.666. The van der Waals surface area contributed by atoms with Gasteiger partial charge in [-0.25, -0.2) is 0 Å². The lowest BCUT2D eigenvalue weighted by molar-refractivity contribution is -0.138. The van der Waals surface area contributed by atoms with E-state index in [1.165, 1.54) is 4.90 Å². The lowest BCUT2D eigenvalue weighted by Gasteiger charge is -2.15. The highest BCUT2D eigenvalue weighted by molar-refractivity contribution is 7.99. The van der Waals surface area contributed by atoms with E-state index in [1.54, 1.807) is 0 Å². The van der Waals surface area contributed by atoms with Crippen LogP contribution < -0.4 is 0 Å². The number of nitrogens with zero attached hydrogens (tertiary/aromatic N) is 1. The minimum absolute atomic E-state index is 0.322. The zero-order chi connectivity index (χ0) is 12.8. The Morgan fingerprint density at radius 3 is 2.89 bits per heavy atom. The van der Waals surface area contributed by atoms with E-state index in [1.807, 2.05) is 17.8 Å². The van der Waals surface area contributed by atoms with Crippen LogP contribution in [0.2, 0.25) is 0 Å². The van der Waals surface area contributed by atoms with Gasteiger partial charge in [-0.05, 0) is 31.0 Å². The van der Waals surface area contributed by atoms with Gasteiger partial charge in [-0.15, -0.1) is 11.8 Å². The number of rotatable bonds is 6. The van der Waals surface area contributed by atoms with Crippen molar-refractivity contribution in [3.05, 3.63) is 30.3 Å². The van der Waals surface area contributed by atoms with E-state index in [-0.39, 0.29) is 0 Å². The van der Waals surface area contributed by atoms with E-state index in [2.05, 4.69) is 29.2 Å². The van der Waals surface area contributed by atoms with Crippen molar-refractivity contribution in [2.24, 2.45) is 5.92 Å². The first-order valence-corrected chi connectivity index (χ1v) is 7.34. The van der Waals surface area contributed by atoms with Gasteiger partial charge in [-0.1, -0.05) is 18.2 Å². The maximum absolute atomic E-state index is 10.6. The summed E-state index contributed by atoms with van der Waals surface area (Å²) < 4.78 is 0. The van der Waals surface area contributed by atoms with Crippen LogP contribution in [0.1, 0.15) is 12.8 Å². The number of carboxylic acids is 1. The van der Waals surface area contributed by atoms with E-state index in [0.29, 0.717) is 12.3 Å². The number of benzene rings is 1.